The van der Waals surface area contributed by atoms with Crippen LogP contribution in [0.3, 0.4) is 0 Å². The Morgan fingerprint density at radius 1 is 0.661 bits per heavy atom. The van der Waals surface area contributed by atoms with Crippen LogP contribution in [0.1, 0.15) is 68.1 Å². The van der Waals surface area contributed by atoms with E-state index in [0.717, 1.165) is 47.3 Å². The Morgan fingerprint density at radius 2 is 1.23 bits per heavy atom. The van der Waals surface area contributed by atoms with Crippen molar-refractivity contribution in [1.82, 2.24) is 0 Å². The van der Waals surface area contributed by atoms with Crippen LogP contribution in [0.15, 0.2) is 78.9 Å². The summed E-state index contributed by atoms with van der Waals surface area (Å²) in [4.78, 5) is 28.7. The van der Waals surface area contributed by atoms with Gasteiger partial charge in [-0.15, -0.1) is 11.3 Å². The van der Waals surface area contributed by atoms with Crippen LogP contribution in [0, 0.1) is 5.41 Å². The van der Waals surface area contributed by atoms with Crippen LogP contribution in [-0.4, -0.2) is 96.2 Å². The van der Waals surface area contributed by atoms with Crippen molar-refractivity contribution in [2.24, 2.45) is 5.41 Å². The minimum Gasteiger partial charge on any atom is -0.394 e. The lowest BCUT2D eigenvalue weighted by atomic mass is 9.77. The highest BCUT2D eigenvalue weighted by atomic mass is 32.1. The zero-order chi connectivity index (χ0) is 39.4. The van der Waals surface area contributed by atoms with E-state index in [2.05, 4.69) is 36.6 Å². The summed E-state index contributed by atoms with van der Waals surface area (Å²) >= 11 is 1.51. The van der Waals surface area contributed by atoms with E-state index in [1.165, 1.54) is 16.9 Å². The van der Waals surface area contributed by atoms with Crippen molar-refractivity contribution >= 4 is 33.8 Å². The number of aliphatic hydroxyl groups excluding tert-OH is 1. The molecule has 0 unspecified atom stereocenters. The van der Waals surface area contributed by atoms with Crippen molar-refractivity contribution in [2.45, 2.75) is 46.1 Å². The molecule has 2 amide bonds. The lowest BCUT2D eigenvalue weighted by Crippen LogP contribution is -2.23. The Balaban J connectivity index is 1.04. The van der Waals surface area contributed by atoms with Gasteiger partial charge in [-0.1, -0.05) is 68.4 Å². The largest absolute Gasteiger partial charge is 0.394 e. The van der Waals surface area contributed by atoms with Crippen molar-refractivity contribution in [3.63, 3.8) is 0 Å². The molecule has 0 spiro atoms. The maximum absolute atomic E-state index is 13.9. The summed E-state index contributed by atoms with van der Waals surface area (Å²) < 4.78 is 32.9. The van der Waals surface area contributed by atoms with Crippen LogP contribution in [-0.2, 0) is 54.3 Å². The fourth-order valence-corrected chi connectivity index (χ4v) is 7.80. The van der Waals surface area contributed by atoms with Crippen LogP contribution >= 0.6 is 11.3 Å². The SMILES string of the molecule is CC1(C)CCc2c(sc(NC(=O)c3cccc(COCCOCCOCCOCCOCCOCCO)c3)c2C(=O)Nc2ccc(Cc3ccccc3)cc2)C1. The number of hydrogen-bond donors (Lipinski definition) is 3. The van der Waals surface area contributed by atoms with E-state index in [4.69, 9.17) is 33.5 Å². The van der Waals surface area contributed by atoms with Gasteiger partial charge in [0.15, 0.2) is 0 Å². The average Bonchev–Trinajstić information content (AvgIpc) is 3.54. The van der Waals surface area contributed by atoms with Crippen LogP contribution in [0.2, 0.25) is 0 Å². The van der Waals surface area contributed by atoms with Gasteiger partial charge in [0.05, 0.1) is 91.5 Å². The Kier molecular flexibility index (Phi) is 18.0. The fraction of sp³-hybridized carbons (Fsp3) is 0.455. The molecule has 0 saturated heterocycles. The molecule has 0 aliphatic heterocycles. The monoisotopic (exact) mass is 788 g/mol. The Hall–Kier alpha value is -3.98. The van der Waals surface area contributed by atoms with E-state index in [9.17, 15) is 9.59 Å². The fourth-order valence-electron chi connectivity index (χ4n) is 6.30. The van der Waals surface area contributed by atoms with Gasteiger partial charge in [-0.05, 0) is 77.6 Å². The number of ether oxygens (including phenoxy) is 6. The summed E-state index contributed by atoms with van der Waals surface area (Å²) in [5.41, 5.74) is 6.17. The van der Waals surface area contributed by atoms with E-state index in [1.54, 1.807) is 6.07 Å². The molecule has 0 bridgehead atoms. The second kappa shape index (κ2) is 23.3. The third kappa shape index (κ3) is 14.5. The number of carbonyl (C=O) groups is 2. The molecule has 1 heterocycles. The number of rotatable bonds is 25. The zero-order valence-corrected chi connectivity index (χ0v) is 33.5. The van der Waals surface area contributed by atoms with Crippen molar-refractivity contribution in [3.05, 3.63) is 117 Å². The lowest BCUT2D eigenvalue weighted by Gasteiger charge is -2.29. The van der Waals surface area contributed by atoms with E-state index in [1.807, 2.05) is 60.7 Å². The summed E-state index contributed by atoms with van der Waals surface area (Å²) in [5.74, 6) is -0.486. The van der Waals surface area contributed by atoms with Crippen LogP contribution in [0.4, 0.5) is 10.7 Å². The molecule has 302 valence electrons. The molecule has 12 heteroatoms. The Labute approximate surface area is 334 Å². The van der Waals surface area contributed by atoms with Crippen molar-refractivity contribution in [3.8, 4) is 0 Å². The van der Waals surface area contributed by atoms with Crippen LogP contribution < -0.4 is 10.6 Å². The van der Waals surface area contributed by atoms with Crippen molar-refractivity contribution in [1.29, 1.82) is 0 Å². The number of nitrogens with one attached hydrogen (secondary N) is 2. The summed E-state index contributed by atoms with van der Waals surface area (Å²) in [7, 11) is 0. The first kappa shape index (κ1) is 43.1. The number of aliphatic hydroxyl groups is 1. The highest BCUT2D eigenvalue weighted by molar-refractivity contribution is 7.17. The minimum atomic E-state index is -0.272. The summed E-state index contributed by atoms with van der Waals surface area (Å²) in [5, 5.41) is 15.4. The average molecular weight is 789 g/mol. The second-order valence-corrected chi connectivity index (χ2v) is 15.5. The van der Waals surface area contributed by atoms with E-state index in [-0.39, 0.29) is 23.8 Å². The number of amides is 2. The quantitative estimate of drug-likeness (QED) is 0.0611. The molecule has 1 aliphatic rings. The molecule has 0 radical (unpaired) electrons. The normalized spacial score (nSPS) is 13.3. The van der Waals surface area contributed by atoms with E-state index in [0.29, 0.717) is 101 Å². The molecular formula is C44H56N2O9S. The van der Waals surface area contributed by atoms with Crippen LogP contribution in [0.5, 0.6) is 0 Å². The second-order valence-electron chi connectivity index (χ2n) is 14.4. The van der Waals surface area contributed by atoms with Crippen molar-refractivity contribution < 1.29 is 43.1 Å². The number of carbonyl (C=O) groups excluding carboxylic acids is 2. The molecule has 0 fully saturated rings. The Morgan fingerprint density at radius 3 is 1.86 bits per heavy atom. The number of benzene rings is 3. The molecule has 5 rings (SSSR count). The predicted molar refractivity (Wildman–Crippen MR) is 219 cm³/mol. The lowest BCUT2D eigenvalue weighted by molar-refractivity contribution is -0.0190. The predicted octanol–water partition coefficient (Wildman–Crippen LogP) is 6.95. The van der Waals surface area contributed by atoms with Gasteiger partial charge in [-0.2, -0.15) is 0 Å². The third-order valence-electron chi connectivity index (χ3n) is 9.25. The first-order valence-corrected chi connectivity index (χ1v) is 20.2. The van der Waals surface area contributed by atoms with Gasteiger partial charge < -0.3 is 44.2 Å². The molecule has 3 aromatic carbocycles. The van der Waals surface area contributed by atoms with Crippen molar-refractivity contribution in [2.75, 3.05) is 89.9 Å². The number of thiophene rings is 1. The maximum atomic E-state index is 13.9. The molecule has 11 nitrogen and oxygen atoms in total. The molecule has 1 aromatic heterocycles. The van der Waals surface area contributed by atoms with Gasteiger partial charge in [0, 0.05) is 16.1 Å². The first-order valence-electron chi connectivity index (χ1n) is 19.4. The molecule has 0 atom stereocenters. The van der Waals surface area contributed by atoms with Gasteiger partial charge >= 0.3 is 0 Å². The minimum absolute atomic E-state index is 0.0116. The molecule has 0 saturated carbocycles. The summed E-state index contributed by atoms with van der Waals surface area (Å²) in [6.45, 7) is 9.70. The van der Waals surface area contributed by atoms with E-state index < -0.39 is 0 Å². The molecule has 3 N–H and O–H groups in total. The van der Waals surface area contributed by atoms with Gasteiger partial charge in [-0.25, -0.2) is 0 Å². The van der Waals surface area contributed by atoms with Gasteiger partial charge in [0.1, 0.15) is 5.00 Å². The summed E-state index contributed by atoms with van der Waals surface area (Å²) in [6, 6.07) is 25.6. The number of anilines is 2. The molecule has 1 aliphatic carbocycles. The smallest absolute Gasteiger partial charge is 0.258 e. The number of fused-ring (bicyclic) bond motifs is 1. The van der Waals surface area contributed by atoms with E-state index >= 15 is 0 Å². The molecule has 56 heavy (non-hydrogen) atoms. The standard InChI is InChI=1S/C44H56N2O9S/c1-44(2)16-15-38-39(31-44)56-43(40(38)42(49)45-37-13-11-34(12-14-37)29-33-7-4-3-5-8-33)46-41(48)36-10-6-9-35(30-36)32-55-28-27-54-26-25-53-24-23-52-22-21-51-20-19-50-18-17-47/h3-14,30,47H,15-29,31-32H2,1-2H3,(H,45,49)(H,46,48). The van der Waals surface area contributed by atoms with Crippen LogP contribution in [0.25, 0.3) is 0 Å². The Bertz CT molecular complexity index is 1780. The highest BCUT2D eigenvalue weighted by Crippen LogP contribution is 2.44. The van der Waals surface area contributed by atoms with Gasteiger partial charge in [-0.3, -0.25) is 9.59 Å². The van der Waals surface area contributed by atoms with Gasteiger partial charge in [0.25, 0.3) is 11.8 Å². The highest BCUT2D eigenvalue weighted by Gasteiger charge is 2.33. The third-order valence-corrected chi connectivity index (χ3v) is 10.4. The summed E-state index contributed by atoms with van der Waals surface area (Å²) in [6.07, 6.45) is 3.43. The first-order chi connectivity index (χ1) is 27.3. The zero-order valence-electron chi connectivity index (χ0n) is 32.6. The number of hydrogen-bond acceptors (Lipinski definition) is 10. The topological polar surface area (TPSA) is 134 Å². The molecule has 4 aromatic rings. The van der Waals surface area contributed by atoms with Gasteiger partial charge in [0.2, 0.25) is 0 Å². The maximum Gasteiger partial charge on any atom is 0.258 e. The molecular weight excluding hydrogens is 733 g/mol.